The van der Waals surface area contributed by atoms with Gasteiger partial charge in [0.15, 0.2) is 5.78 Å². The molecule has 5 heteroatoms. The predicted molar refractivity (Wildman–Crippen MR) is 58.7 cm³/mol. The molecule has 0 atom stereocenters. The van der Waals surface area contributed by atoms with Crippen LogP contribution in [-0.4, -0.2) is 26.0 Å². The summed E-state index contributed by atoms with van der Waals surface area (Å²) in [5, 5.41) is 0. The van der Waals surface area contributed by atoms with Gasteiger partial charge in [-0.15, -0.1) is 0 Å². The average Bonchev–Trinajstić information content (AvgIpc) is 2.69. The molecule has 17 heavy (non-hydrogen) atoms. The fourth-order valence-corrected chi connectivity index (χ4v) is 1.92. The molecule has 1 heterocycles. The lowest BCUT2D eigenvalue weighted by Crippen LogP contribution is -2.05. The van der Waals surface area contributed by atoms with E-state index in [1.54, 1.807) is 0 Å². The number of cyclic esters (lactones) is 1. The van der Waals surface area contributed by atoms with Crippen LogP contribution in [-0.2, 0) is 11.3 Å². The van der Waals surface area contributed by atoms with Crippen molar-refractivity contribution < 1.29 is 23.8 Å². The van der Waals surface area contributed by atoms with Crippen molar-refractivity contribution in [2.45, 2.75) is 13.5 Å². The van der Waals surface area contributed by atoms with Crippen molar-refractivity contribution >= 4 is 11.8 Å². The molecular formula is C12H12O5. The van der Waals surface area contributed by atoms with E-state index in [1.807, 2.05) is 0 Å². The predicted octanol–water partition coefficient (Wildman–Crippen LogP) is 1.58. The minimum atomic E-state index is -0.453. The molecule has 2 rings (SSSR count). The topological polar surface area (TPSA) is 61.8 Å². The second kappa shape index (κ2) is 4.08. The Bertz CT molecular complexity index is 504. The Labute approximate surface area is 98.3 Å². The lowest BCUT2D eigenvalue weighted by atomic mass is 10.0. The Morgan fingerprint density at radius 3 is 2.59 bits per heavy atom. The number of esters is 1. The van der Waals surface area contributed by atoms with Gasteiger partial charge in [0.25, 0.3) is 0 Å². The van der Waals surface area contributed by atoms with Crippen LogP contribution in [0.5, 0.6) is 11.5 Å². The van der Waals surface area contributed by atoms with E-state index in [-0.39, 0.29) is 12.4 Å². The number of benzene rings is 1. The van der Waals surface area contributed by atoms with Gasteiger partial charge in [0, 0.05) is 0 Å². The summed E-state index contributed by atoms with van der Waals surface area (Å²) in [5.41, 5.74) is 1.30. The van der Waals surface area contributed by atoms with Crippen molar-refractivity contribution in [1.82, 2.24) is 0 Å². The highest BCUT2D eigenvalue weighted by Gasteiger charge is 2.32. The zero-order valence-electron chi connectivity index (χ0n) is 9.83. The molecule has 0 radical (unpaired) electrons. The zero-order chi connectivity index (χ0) is 12.6. The second-order valence-electron chi connectivity index (χ2n) is 3.65. The van der Waals surface area contributed by atoms with Gasteiger partial charge in [0.05, 0.1) is 25.3 Å². The molecule has 0 N–H and O–H groups in total. The number of carbonyl (C=O) groups excluding carboxylic acids is 2. The lowest BCUT2D eigenvalue weighted by molar-refractivity contribution is 0.0532. The summed E-state index contributed by atoms with van der Waals surface area (Å²) in [7, 11) is 2.90. The standard InChI is InChI=1S/C12H12O5/c1-6(13)7-4-9(15-2)10-8(11(7)16-3)5-17-12(10)14/h4H,5H2,1-3H3. The molecule has 0 spiro atoms. The van der Waals surface area contributed by atoms with Crippen LogP contribution in [0.3, 0.4) is 0 Å². The molecule has 5 nitrogen and oxygen atoms in total. The normalized spacial score (nSPS) is 13.0. The SMILES string of the molecule is COc1cc(C(C)=O)c(OC)c2c1C(=O)OC2. The average molecular weight is 236 g/mol. The van der Waals surface area contributed by atoms with Crippen molar-refractivity contribution in [2.75, 3.05) is 14.2 Å². The van der Waals surface area contributed by atoms with E-state index < -0.39 is 5.97 Å². The van der Waals surface area contributed by atoms with Crippen molar-refractivity contribution in [3.8, 4) is 11.5 Å². The largest absolute Gasteiger partial charge is 0.496 e. The summed E-state index contributed by atoms with van der Waals surface area (Å²) in [6.07, 6.45) is 0. The monoisotopic (exact) mass is 236 g/mol. The van der Waals surface area contributed by atoms with Gasteiger partial charge in [0.2, 0.25) is 0 Å². The molecule has 1 aliphatic rings. The van der Waals surface area contributed by atoms with Crippen LogP contribution < -0.4 is 9.47 Å². The minimum Gasteiger partial charge on any atom is -0.496 e. The van der Waals surface area contributed by atoms with Crippen LogP contribution in [0.2, 0.25) is 0 Å². The molecule has 0 unspecified atom stereocenters. The summed E-state index contributed by atoms with van der Waals surface area (Å²) < 4.78 is 15.2. The van der Waals surface area contributed by atoms with Crippen LogP contribution in [0.1, 0.15) is 33.2 Å². The Hall–Kier alpha value is -2.04. The number of ether oxygens (including phenoxy) is 3. The van der Waals surface area contributed by atoms with Crippen LogP contribution >= 0.6 is 0 Å². The number of Topliss-reactive ketones (excluding diaryl/α,β-unsaturated/α-hetero) is 1. The minimum absolute atomic E-state index is 0.106. The van der Waals surface area contributed by atoms with Crippen molar-refractivity contribution in [3.05, 3.63) is 22.8 Å². The van der Waals surface area contributed by atoms with Gasteiger partial charge in [-0.1, -0.05) is 0 Å². The quantitative estimate of drug-likeness (QED) is 0.589. The maximum atomic E-state index is 11.6. The highest BCUT2D eigenvalue weighted by atomic mass is 16.5. The number of methoxy groups -OCH3 is 2. The van der Waals surface area contributed by atoms with Gasteiger partial charge in [0.1, 0.15) is 23.7 Å². The molecule has 0 saturated heterocycles. The Morgan fingerprint density at radius 1 is 1.35 bits per heavy atom. The molecule has 0 fully saturated rings. The molecule has 0 bridgehead atoms. The summed E-state index contributed by atoms with van der Waals surface area (Å²) in [6, 6.07) is 1.51. The molecular weight excluding hydrogens is 224 g/mol. The van der Waals surface area contributed by atoms with Gasteiger partial charge in [-0.25, -0.2) is 4.79 Å². The molecule has 0 amide bonds. The van der Waals surface area contributed by atoms with Gasteiger partial charge in [-0.3, -0.25) is 4.79 Å². The van der Waals surface area contributed by atoms with E-state index in [2.05, 4.69) is 0 Å². The van der Waals surface area contributed by atoms with E-state index in [9.17, 15) is 9.59 Å². The lowest BCUT2D eigenvalue weighted by Gasteiger charge is -2.12. The molecule has 0 aromatic heterocycles. The second-order valence-corrected chi connectivity index (χ2v) is 3.65. The Morgan fingerprint density at radius 2 is 2.06 bits per heavy atom. The van der Waals surface area contributed by atoms with Crippen LogP contribution in [0, 0.1) is 0 Å². The Balaban J connectivity index is 2.76. The Kier molecular flexibility index (Phi) is 2.75. The van der Waals surface area contributed by atoms with Crippen molar-refractivity contribution in [3.63, 3.8) is 0 Å². The zero-order valence-corrected chi connectivity index (χ0v) is 9.83. The maximum Gasteiger partial charge on any atom is 0.342 e. The van der Waals surface area contributed by atoms with Gasteiger partial charge in [-0.05, 0) is 13.0 Å². The van der Waals surface area contributed by atoms with E-state index in [1.165, 1.54) is 27.2 Å². The first-order chi connectivity index (χ1) is 8.10. The van der Waals surface area contributed by atoms with Crippen LogP contribution in [0.25, 0.3) is 0 Å². The van der Waals surface area contributed by atoms with Crippen molar-refractivity contribution in [2.24, 2.45) is 0 Å². The number of ketones is 1. The number of hydrogen-bond donors (Lipinski definition) is 0. The van der Waals surface area contributed by atoms with E-state index in [0.29, 0.717) is 28.2 Å². The molecule has 1 aromatic carbocycles. The van der Waals surface area contributed by atoms with Gasteiger partial charge >= 0.3 is 5.97 Å². The number of rotatable bonds is 3. The summed E-state index contributed by atoms with van der Waals surface area (Å²) in [6.45, 7) is 1.54. The van der Waals surface area contributed by atoms with Gasteiger partial charge in [-0.2, -0.15) is 0 Å². The maximum absolute atomic E-state index is 11.6. The summed E-state index contributed by atoms with van der Waals surface area (Å²) in [4.78, 5) is 23.1. The first kappa shape index (κ1) is 11.4. The summed E-state index contributed by atoms with van der Waals surface area (Å²) >= 11 is 0. The third kappa shape index (κ3) is 1.63. The fourth-order valence-electron chi connectivity index (χ4n) is 1.92. The first-order valence-corrected chi connectivity index (χ1v) is 5.06. The number of fused-ring (bicyclic) bond motifs is 1. The first-order valence-electron chi connectivity index (χ1n) is 5.06. The molecule has 0 saturated carbocycles. The van der Waals surface area contributed by atoms with E-state index >= 15 is 0 Å². The van der Waals surface area contributed by atoms with E-state index in [0.717, 1.165) is 0 Å². The van der Waals surface area contributed by atoms with E-state index in [4.69, 9.17) is 14.2 Å². The molecule has 1 aliphatic heterocycles. The van der Waals surface area contributed by atoms with Crippen LogP contribution in [0.15, 0.2) is 6.07 Å². The number of carbonyl (C=O) groups is 2. The third-order valence-corrected chi connectivity index (χ3v) is 2.70. The van der Waals surface area contributed by atoms with Crippen molar-refractivity contribution in [1.29, 1.82) is 0 Å². The third-order valence-electron chi connectivity index (χ3n) is 2.70. The fraction of sp³-hybridized carbons (Fsp3) is 0.333. The smallest absolute Gasteiger partial charge is 0.342 e. The highest BCUT2D eigenvalue weighted by molar-refractivity contribution is 6.03. The molecule has 0 aliphatic carbocycles. The molecule has 1 aromatic rings. The molecule has 90 valence electrons. The van der Waals surface area contributed by atoms with Gasteiger partial charge < -0.3 is 14.2 Å². The summed E-state index contributed by atoms with van der Waals surface area (Å²) in [5.74, 6) is 0.125. The number of hydrogen-bond acceptors (Lipinski definition) is 5. The van der Waals surface area contributed by atoms with Crippen LogP contribution in [0.4, 0.5) is 0 Å². The highest BCUT2D eigenvalue weighted by Crippen LogP contribution is 2.39.